The quantitative estimate of drug-likeness (QED) is 0.738. The molecule has 3 fully saturated rings. The van der Waals surface area contributed by atoms with Gasteiger partial charge in [0, 0.05) is 17.1 Å². The summed E-state index contributed by atoms with van der Waals surface area (Å²) < 4.78 is 1.17. The molecule has 1 saturated carbocycles. The molecule has 4 heteroatoms. The number of likely N-dealkylation sites (tertiary alicyclic amines) is 1. The third-order valence-electron chi connectivity index (χ3n) is 8.35. The number of nitrogens with zero attached hydrogens (tertiary/aromatic N) is 1. The number of rotatable bonds is 2. The Labute approximate surface area is 177 Å². The molecule has 2 saturated heterocycles. The highest BCUT2D eigenvalue weighted by molar-refractivity contribution is 9.10. The summed E-state index contributed by atoms with van der Waals surface area (Å²) in [4.78, 5) is 16.4. The summed E-state index contributed by atoms with van der Waals surface area (Å²) in [6.45, 7) is 3.06. The van der Waals surface area contributed by atoms with Crippen molar-refractivity contribution in [2.45, 2.75) is 75.7 Å². The van der Waals surface area contributed by atoms with E-state index in [2.05, 4.69) is 44.3 Å². The molecule has 2 heterocycles. The number of hydrogen-bond acceptors (Lipinski definition) is 1. The topological polar surface area (TPSA) is 36.9 Å². The fraction of sp³-hybridized carbons (Fsp3) is 0.708. The molecule has 5 rings (SSSR count). The molecule has 152 valence electrons. The second-order valence-corrected chi connectivity index (χ2v) is 10.6. The van der Waals surface area contributed by atoms with Gasteiger partial charge in [0.25, 0.3) is 0 Å². The minimum atomic E-state index is 0.0711. The molecule has 2 aliphatic carbocycles. The zero-order valence-corrected chi connectivity index (χ0v) is 18.6. The molecule has 3 atom stereocenters. The van der Waals surface area contributed by atoms with Crippen LogP contribution in [0.5, 0.6) is 0 Å². The van der Waals surface area contributed by atoms with Crippen molar-refractivity contribution in [2.24, 2.45) is 11.8 Å². The number of piperidine rings is 1. The predicted molar refractivity (Wildman–Crippen MR) is 115 cm³/mol. The Balaban J connectivity index is 1.42. The molecule has 4 aliphatic rings. The lowest BCUT2D eigenvalue weighted by atomic mass is 9.72. The molecule has 1 unspecified atom stereocenters. The Morgan fingerprint density at radius 3 is 2.79 bits per heavy atom. The van der Waals surface area contributed by atoms with E-state index < -0.39 is 0 Å². The molecule has 1 aromatic rings. The minimum Gasteiger partial charge on any atom is -0.345 e. The van der Waals surface area contributed by atoms with Crippen LogP contribution in [0.25, 0.3) is 0 Å². The van der Waals surface area contributed by atoms with Crippen molar-refractivity contribution in [2.75, 3.05) is 19.6 Å². The van der Waals surface area contributed by atoms with Crippen LogP contribution < -0.4 is 5.32 Å². The summed E-state index contributed by atoms with van der Waals surface area (Å²) in [5.41, 5.74) is 3.00. The SMILES string of the molecule is O=C([C@@H]1C[NH2+]CC12CCc1cc(Br)ccc12)N1CCCC[C@H]1C1CCCCC1. The van der Waals surface area contributed by atoms with Crippen LogP contribution in [0.2, 0.25) is 0 Å². The second-order valence-electron chi connectivity index (χ2n) is 9.73. The number of carbonyl (C=O) groups excluding carboxylic acids is 1. The predicted octanol–water partition coefficient (Wildman–Crippen LogP) is 3.79. The van der Waals surface area contributed by atoms with Crippen molar-refractivity contribution in [3.63, 3.8) is 0 Å². The third kappa shape index (κ3) is 3.15. The fourth-order valence-corrected chi connectivity index (χ4v) is 7.38. The first-order valence-electron chi connectivity index (χ1n) is 11.6. The van der Waals surface area contributed by atoms with Crippen LogP contribution in [0.3, 0.4) is 0 Å². The molecule has 3 nitrogen and oxygen atoms in total. The van der Waals surface area contributed by atoms with Crippen LogP contribution in [0.15, 0.2) is 22.7 Å². The lowest BCUT2D eigenvalue weighted by Crippen LogP contribution is -2.82. The van der Waals surface area contributed by atoms with E-state index in [-0.39, 0.29) is 11.3 Å². The molecule has 1 aromatic carbocycles. The Hall–Kier alpha value is -0.870. The molecular formula is C24H34BrN2O+. The van der Waals surface area contributed by atoms with Crippen LogP contribution in [0.1, 0.15) is 68.9 Å². The highest BCUT2D eigenvalue weighted by Gasteiger charge is 2.55. The number of nitrogens with two attached hydrogens (primary N) is 1. The molecule has 28 heavy (non-hydrogen) atoms. The number of benzene rings is 1. The van der Waals surface area contributed by atoms with Crippen LogP contribution in [0.4, 0.5) is 0 Å². The zero-order valence-electron chi connectivity index (χ0n) is 17.0. The Kier molecular flexibility index (Phi) is 5.29. The summed E-state index contributed by atoms with van der Waals surface area (Å²) in [7, 11) is 0. The van der Waals surface area contributed by atoms with E-state index in [1.165, 1.54) is 67.0 Å². The number of halogens is 1. The average molecular weight is 446 g/mol. The van der Waals surface area contributed by atoms with E-state index >= 15 is 0 Å². The van der Waals surface area contributed by atoms with Crippen LogP contribution >= 0.6 is 15.9 Å². The van der Waals surface area contributed by atoms with Gasteiger partial charge in [0.05, 0.1) is 18.5 Å². The molecule has 0 radical (unpaired) electrons. The summed E-state index contributed by atoms with van der Waals surface area (Å²) >= 11 is 3.64. The van der Waals surface area contributed by atoms with E-state index in [4.69, 9.17) is 0 Å². The van der Waals surface area contributed by atoms with Gasteiger partial charge < -0.3 is 10.2 Å². The Morgan fingerprint density at radius 2 is 1.93 bits per heavy atom. The van der Waals surface area contributed by atoms with Crippen LogP contribution in [-0.2, 0) is 16.6 Å². The first-order chi connectivity index (χ1) is 13.7. The Bertz CT molecular complexity index is 744. The first-order valence-corrected chi connectivity index (χ1v) is 12.4. The number of quaternary nitrogens is 1. The van der Waals surface area contributed by atoms with Crippen LogP contribution in [0, 0.1) is 11.8 Å². The number of hydrogen-bond donors (Lipinski definition) is 1. The van der Waals surface area contributed by atoms with Gasteiger partial charge in [-0.25, -0.2) is 0 Å². The van der Waals surface area contributed by atoms with Gasteiger partial charge in [0.15, 0.2) is 0 Å². The molecule has 1 spiro atoms. The van der Waals surface area contributed by atoms with E-state index in [9.17, 15) is 4.79 Å². The highest BCUT2D eigenvalue weighted by atomic mass is 79.9. The maximum absolute atomic E-state index is 14.0. The van der Waals surface area contributed by atoms with Gasteiger partial charge in [-0.3, -0.25) is 4.79 Å². The monoisotopic (exact) mass is 445 g/mol. The minimum absolute atomic E-state index is 0.0711. The van der Waals surface area contributed by atoms with Crippen molar-refractivity contribution >= 4 is 21.8 Å². The zero-order chi connectivity index (χ0) is 19.1. The van der Waals surface area contributed by atoms with E-state index in [1.807, 2.05) is 0 Å². The van der Waals surface area contributed by atoms with Gasteiger partial charge >= 0.3 is 0 Å². The standard InChI is InChI=1S/C24H33BrN2O/c25-19-9-10-20-18(14-19)11-12-24(20)16-26-15-21(24)23(28)27-13-5-4-8-22(27)17-6-2-1-3-7-17/h9-10,14,17,21-22,26H,1-8,11-13,15-16H2/p+1/t21-,22-,24?/m0/s1. The van der Waals surface area contributed by atoms with Crippen molar-refractivity contribution in [1.29, 1.82) is 0 Å². The maximum atomic E-state index is 14.0. The van der Waals surface area contributed by atoms with Gasteiger partial charge in [-0.1, -0.05) is 41.3 Å². The smallest absolute Gasteiger partial charge is 0.232 e. The van der Waals surface area contributed by atoms with E-state index in [1.54, 1.807) is 0 Å². The molecule has 0 bridgehead atoms. The number of aryl methyl sites for hydroxylation is 1. The molecule has 2 N–H and O–H groups in total. The second kappa shape index (κ2) is 7.75. The van der Waals surface area contributed by atoms with Gasteiger partial charge in [0.2, 0.25) is 5.91 Å². The number of fused-ring (bicyclic) bond motifs is 2. The summed E-state index contributed by atoms with van der Waals surface area (Å²) in [6, 6.07) is 7.29. The summed E-state index contributed by atoms with van der Waals surface area (Å²) in [5, 5.41) is 2.42. The largest absolute Gasteiger partial charge is 0.345 e. The third-order valence-corrected chi connectivity index (χ3v) is 8.84. The first kappa shape index (κ1) is 19.1. The summed E-state index contributed by atoms with van der Waals surface area (Å²) in [6.07, 6.45) is 12.8. The fourth-order valence-electron chi connectivity index (χ4n) is 6.97. The number of carbonyl (C=O) groups is 1. The van der Waals surface area contributed by atoms with Crippen molar-refractivity contribution < 1.29 is 10.1 Å². The molecule has 2 aliphatic heterocycles. The maximum Gasteiger partial charge on any atom is 0.232 e. The van der Waals surface area contributed by atoms with Crippen LogP contribution in [-0.4, -0.2) is 36.5 Å². The van der Waals surface area contributed by atoms with Crippen molar-refractivity contribution in [3.8, 4) is 0 Å². The average Bonchev–Trinajstić information content (AvgIpc) is 3.33. The van der Waals surface area contributed by atoms with Gasteiger partial charge in [0.1, 0.15) is 5.92 Å². The van der Waals surface area contributed by atoms with Gasteiger partial charge in [-0.2, -0.15) is 0 Å². The molecule has 0 aromatic heterocycles. The normalized spacial score (nSPS) is 33.4. The van der Waals surface area contributed by atoms with Crippen molar-refractivity contribution in [1.82, 2.24) is 4.90 Å². The Morgan fingerprint density at radius 1 is 1.11 bits per heavy atom. The van der Waals surface area contributed by atoms with Gasteiger partial charge in [-0.05, 0) is 74.1 Å². The van der Waals surface area contributed by atoms with Crippen molar-refractivity contribution in [3.05, 3.63) is 33.8 Å². The lowest BCUT2D eigenvalue weighted by Gasteiger charge is -2.44. The highest BCUT2D eigenvalue weighted by Crippen LogP contribution is 2.47. The van der Waals surface area contributed by atoms with Gasteiger partial charge in [-0.15, -0.1) is 0 Å². The number of amides is 1. The molecular weight excluding hydrogens is 412 g/mol. The van der Waals surface area contributed by atoms with E-state index in [0.29, 0.717) is 11.9 Å². The lowest BCUT2D eigenvalue weighted by molar-refractivity contribution is -0.640. The van der Waals surface area contributed by atoms with E-state index in [0.717, 1.165) is 38.4 Å². The molecule has 1 amide bonds. The summed E-state index contributed by atoms with van der Waals surface area (Å²) in [5.74, 6) is 1.41.